The molecule has 1 amide bonds. The van der Waals surface area contributed by atoms with Crippen LogP contribution in [-0.2, 0) is 6.54 Å². The van der Waals surface area contributed by atoms with Crippen LogP contribution >= 0.6 is 0 Å². The standard InChI is InChI=1S/C17H22N4O2/c1-10-14(12(3)22)11(2)20-15(10)17(23)19-9-13-7-6-8-18-16(13)21(4)5/h6-8,20H,9H2,1-5H3,(H,19,23). The van der Waals surface area contributed by atoms with Crippen LogP contribution < -0.4 is 10.2 Å². The van der Waals surface area contributed by atoms with Gasteiger partial charge >= 0.3 is 0 Å². The highest BCUT2D eigenvalue weighted by Gasteiger charge is 2.19. The SMILES string of the molecule is CC(=O)c1c(C)[nH]c(C(=O)NCc2cccnc2N(C)C)c1C. The molecule has 0 unspecified atom stereocenters. The molecule has 2 rings (SSSR count). The average molecular weight is 314 g/mol. The second kappa shape index (κ2) is 6.64. The highest BCUT2D eigenvalue weighted by Crippen LogP contribution is 2.19. The van der Waals surface area contributed by atoms with Gasteiger partial charge in [0.2, 0.25) is 0 Å². The van der Waals surface area contributed by atoms with E-state index >= 15 is 0 Å². The van der Waals surface area contributed by atoms with Crippen LogP contribution in [0, 0.1) is 13.8 Å². The van der Waals surface area contributed by atoms with E-state index in [1.165, 1.54) is 6.92 Å². The molecule has 0 saturated heterocycles. The number of pyridine rings is 1. The minimum atomic E-state index is -0.230. The summed E-state index contributed by atoms with van der Waals surface area (Å²) in [5.41, 5.74) is 3.36. The number of carbonyl (C=O) groups excluding carboxylic acids is 2. The van der Waals surface area contributed by atoms with Gasteiger partial charge < -0.3 is 15.2 Å². The predicted molar refractivity (Wildman–Crippen MR) is 90.0 cm³/mol. The number of nitrogens with one attached hydrogen (secondary N) is 2. The third-order valence-electron chi connectivity index (χ3n) is 3.75. The molecule has 0 aromatic carbocycles. The number of hydrogen-bond donors (Lipinski definition) is 2. The predicted octanol–water partition coefficient (Wildman–Crippen LogP) is 2.23. The summed E-state index contributed by atoms with van der Waals surface area (Å²) in [5.74, 6) is 0.542. The van der Waals surface area contributed by atoms with Crippen molar-refractivity contribution in [2.24, 2.45) is 0 Å². The fourth-order valence-corrected chi connectivity index (χ4v) is 2.74. The number of anilines is 1. The number of H-pyrrole nitrogens is 1. The molecule has 0 fully saturated rings. The molecule has 2 aromatic rings. The number of carbonyl (C=O) groups is 2. The molecule has 0 spiro atoms. The minimum Gasteiger partial charge on any atom is -0.362 e. The van der Waals surface area contributed by atoms with Gasteiger partial charge in [0.15, 0.2) is 5.78 Å². The van der Waals surface area contributed by atoms with E-state index in [9.17, 15) is 9.59 Å². The van der Waals surface area contributed by atoms with Crippen LogP contribution in [0.1, 0.15) is 44.6 Å². The number of hydrogen-bond acceptors (Lipinski definition) is 4. The van der Waals surface area contributed by atoms with E-state index in [-0.39, 0.29) is 11.7 Å². The lowest BCUT2D eigenvalue weighted by molar-refractivity contribution is 0.0945. The fourth-order valence-electron chi connectivity index (χ4n) is 2.74. The van der Waals surface area contributed by atoms with E-state index < -0.39 is 0 Å². The maximum Gasteiger partial charge on any atom is 0.268 e. The smallest absolute Gasteiger partial charge is 0.268 e. The largest absolute Gasteiger partial charge is 0.362 e. The molecule has 2 aromatic heterocycles. The summed E-state index contributed by atoms with van der Waals surface area (Å²) in [5, 5.41) is 2.88. The maximum absolute atomic E-state index is 12.4. The Morgan fingerprint density at radius 3 is 2.57 bits per heavy atom. The van der Waals surface area contributed by atoms with Crippen molar-refractivity contribution in [2.75, 3.05) is 19.0 Å². The van der Waals surface area contributed by atoms with E-state index in [4.69, 9.17) is 0 Å². The summed E-state index contributed by atoms with van der Waals surface area (Å²) >= 11 is 0. The van der Waals surface area contributed by atoms with Crippen LogP contribution in [0.25, 0.3) is 0 Å². The molecule has 2 heterocycles. The second-order valence-corrected chi connectivity index (χ2v) is 5.74. The van der Waals surface area contributed by atoms with E-state index in [1.807, 2.05) is 31.1 Å². The van der Waals surface area contributed by atoms with Crippen LogP contribution in [0.2, 0.25) is 0 Å². The minimum absolute atomic E-state index is 0.0440. The first-order chi connectivity index (χ1) is 10.8. The molecule has 0 aliphatic carbocycles. The number of ketones is 1. The summed E-state index contributed by atoms with van der Waals surface area (Å²) in [4.78, 5) is 33.3. The van der Waals surface area contributed by atoms with E-state index in [0.29, 0.717) is 23.4 Å². The average Bonchev–Trinajstić information content (AvgIpc) is 2.80. The normalized spacial score (nSPS) is 10.5. The summed E-state index contributed by atoms with van der Waals surface area (Å²) in [6.45, 7) is 5.45. The molecule has 122 valence electrons. The Hall–Kier alpha value is -2.63. The first kappa shape index (κ1) is 16.7. The van der Waals surface area contributed by atoms with Gasteiger partial charge in [-0.1, -0.05) is 6.07 Å². The summed E-state index contributed by atoms with van der Waals surface area (Å²) in [6, 6.07) is 3.77. The van der Waals surface area contributed by atoms with Crippen molar-refractivity contribution >= 4 is 17.5 Å². The van der Waals surface area contributed by atoms with Gasteiger partial charge in [0.05, 0.1) is 0 Å². The van der Waals surface area contributed by atoms with Gasteiger partial charge in [0.25, 0.3) is 5.91 Å². The van der Waals surface area contributed by atoms with Crippen LogP contribution in [0.3, 0.4) is 0 Å². The number of nitrogens with zero attached hydrogens (tertiary/aromatic N) is 2. The van der Waals surface area contributed by atoms with Gasteiger partial charge in [0, 0.05) is 43.7 Å². The molecule has 0 aliphatic heterocycles. The highest BCUT2D eigenvalue weighted by atomic mass is 16.2. The zero-order chi connectivity index (χ0) is 17.1. The monoisotopic (exact) mass is 314 g/mol. The Kier molecular flexibility index (Phi) is 4.83. The van der Waals surface area contributed by atoms with E-state index in [2.05, 4.69) is 15.3 Å². The molecule has 0 saturated carbocycles. The molecule has 23 heavy (non-hydrogen) atoms. The number of Topliss-reactive ketones (excluding diaryl/α,β-unsaturated/α-hetero) is 1. The van der Waals surface area contributed by atoms with Crippen molar-refractivity contribution < 1.29 is 9.59 Å². The summed E-state index contributed by atoms with van der Waals surface area (Å²) < 4.78 is 0. The van der Waals surface area contributed by atoms with Crippen molar-refractivity contribution in [1.82, 2.24) is 15.3 Å². The van der Waals surface area contributed by atoms with Crippen LogP contribution in [0.4, 0.5) is 5.82 Å². The molecule has 2 N–H and O–H groups in total. The zero-order valence-electron chi connectivity index (χ0n) is 14.2. The van der Waals surface area contributed by atoms with Crippen molar-refractivity contribution in [2.45, 2.75) is 27.3 Å². The Balaban J connectivity index is 2.18. The summed E-state index contributed by atoms with van der Waals surface area (Å²) in [7, 11) is 3.82. The van der Waals surface area contributed by atoms with Gasteiger partial charge in [-0.15, -0.1) is 0 Å². The van der Waals surface area contributed by atoms with Gasteiger partial charge in [-0.05, 0) is 32.4 Å². The van der Waals surface area contributed by atoms with Crippen molar-refractivity contribution in [1.29, 1.82) is 0 Å². The Bertz CT molecular complexity index is 747. The van der Waals surface area contributed by atoms with Crippen LogP contribution in [0.15, 0.2) is 18.3 Å². The lowest BCUT2D eigenvalue weighted by Crippen LogP contribution is -2.25. The molecule has 6 nitrogen and oxygen atoms in total. The Morgan fingerprint density at radius 1 is 1.30 bits per heavy atom. The third-order valence-corrected chi connectivity index (χ3v) is 3.75. The van der Waals surface area contributed by atoms with Crippen molar-refractivity contribution in [3.05, 3.63) is 46.4 Å². The lowest BCUT2D eigenvalue weighted by atomic mass is 10.1. The van der Waals surface area contributed by atoms with Gasteiger partial charge in [-0.3, -0.25) is 9.59 Å². The van der Waals surface area contributed by atoms with Crippen LogP contribution in [0.5, 0.6) is 0 Å². The molecule has 0 aliphatic rings. The lowest BCUT2D eigenvalue weighted by Gasteiger charge is -2.16. The molecule has 0 radical (unpaired) electrons. The van der Waals surface area contributed by atoms with E-state index in [1.54, 1.807) is 20.0 Å². The summed E-state index contributed by atoms with van der Waals surface area (Å²) in [6.07, 6.45) is 1.72. The molecular weight excluding hydrogens is 292 g/mol. The van der Waals surface area contributed by atoms with Gasteiger partial charge in [-0.2, -0.15) is 0 Å². The fraction of sp³-hybridized carbons (Fsp3) is 0.353. The number of aryl methyl sites for hydroxylation is 1. The maximum atomic E-state index is 12.4. The molecule has 0 bridgehead atoms. The van der Waals surface area contributed by atoms with Crippen LogP contribution in [-0.4, -0.2) is 35.8 Å². The topological polar surface area (TPSA) is 78.1 Å². The van der Waals surface area contributed by atoms with Gasteiger partial charge in [0.1, 0.15) is 11.5 Å². The third kappa shape index (κ3) is 3.41. The number of aromatic amines is 1. The number of amides is 1. The first-order valence-electron chi connectivity index (χ1n) is 7.42. The molecular formula is C17H22N4O2. The van der Waals surface area contributed by atoms with Crippen molar-refractivity contribution in [3.63, 3.8) is 0 Å². The Labute approximate surface area is 135 Å². The number of aromatic nitrogens is 2. The molecule has 6 heteroatoms. The zero-order valence-corrected chi connectivity index (χ0v) is 14.2. The second-order valence-electron chi connectivity index (χ2n) is 5.74. The highest BCUT2D eigenvalue weighted by molar-refractivity contribution is 6.02. The van der Waals surface area contributed by atoms with Crippen molar-refractivity contribution in [3.8, 4) is 0 Å². The van der Waals surface area contributed by atoms with E-state index in [0.717, 1.165) is 17.1 Å². The Morgan fingerprint density at radius 2 is 2.00 bits per heavy atom. The number of rotatable bonds is 5. The first-order valence-corrected chi connectivity index (χ1v) is 7.42. The molecule has 0 atom stereocenters. The van der Waals surface area contributed by atoms with Gasteiger partial charge in [-0.25, -0.2) is 4.98 Å². The quantitative estimate of drug-likeness (QED) is 0.830.